The van der Waals surface area contributed by atoms with Crippen LogP contribution < -0.4 is 5.56 Å². The van der Waals surface area contributed by atoms with Gasteiger partial charge in [-0.15, -0.1) is 6.42 Å². The lowest BCUT2D eigenvalue weighted by Crippen LogP contribution is -2.31. The minimum absolute atomic E-state index is 0.442. The Hall–Kier alpha value is -1.30. The number of ether oxygens (including phenoxy) is 1. The number of rotatable bonds is 8. The lowest BCUT2D eigenvalue weighted by atomic mass is 10.0. The molecule has 1 saturated heterocycles. The van der Waals surface area contributed by atoms with Crippen molar-refractivity contribution >= 4 is 23.5 Å². The third kappa shape index (κ3) is 6.84. The molecule has 0 radical (unpaired) electrons. The number of phosphoric ester groups is 1. The molecule has 0 saturated carbocycles. The summed E-state index contributed by atoms with van der Waals surface area (Å²) in [5.41, 5.74) is -2.06. The maximum Gasteiger partial charge on any atom is 0.490 e. The van der Waals surface area contributed by atoms with Crippen molar-refractivity contribution in [2.24, 2.45) is 0 Å². The molecule has 14 nitrogen and oxygen atoms in total. The maximum absolute atomic E-state index is 14.5. The van der Waals surface area contributed by atoms with Crippen LogP contribution in [0.3, 0.4) is 0 Å². The number of nitrogens with one attached hydrogen (secondary N) is 1. The van der Waals surface area contributed by atoms with Crippen LogP contribution in [0.2, 0.25) is 0 Å². The molecule has 0 aromatic carbocycles. The lowest BCUT2D eigenvalue weighted by molar-refractivity contribution is -0.0231. The van der Waals surface area contributed by atoms with E-state index in [0.717, 1.165) is 0 Å². The molecule has 19 heteroatoms. The fourth-order valence-corrected chi connectivity index (χ4v) is 5.52. The first kappa shape index (κ1) is 26.0. The van der Waals surface area contributed by atoms with Gasteiger partial charge in [0.1, 0.15) is 29.8 Å². The molecule has 0 spiro atoms. The van der Waals surface area contributed by atoms with Crippen molar-refractivity contribution in [3.05, 3.63) is 33.5 Å². The molecule has 2 rings (SSSR count). The number of aliphatic hydroxyl groups excluding tert-OH is 1. The van der Waals surface area contributed by atoms with Gasteiger partial charge in [-0.3, -0.25) is 9.32 Å². The number of alkyl halides is 1. The Balaban J connectivity index is 2.14. The Kier molecular flexibility index (Phi) is 7.77. The van der Waals surface area contributed by atoms with Crippen LogP contribution in [0.4, 0.5) is 8.78 Å². The highest BCUT2D eigenvalue weighted by Gasteiger charge is 2.48. The van der Waals surface area contributed by atoms with Gasteiger partial charge < -0.3 is 34.4 Å². The van der Waals surface area contributed by atoms with E-state index < -0.39 is 77.2 Å². The molecule has 31 heavy (non-hydrogen) atoms. The molecule has 1 fully saturated rings. The first-order valence-corrected chi connectivity index (χ1v) is 12.2. The summed E-state index contributed by atoms with van der Waals surface area (Å²) in [6, 6.07) is 0.442. The summed E-state index contributed by atoms with van der Waals surface area (Å²) >= 11 is 0. The van der Waals surface area contributed by atoms with Crippen molar-refractivity contribution in [3.63, 3.8) is 0 Å². The van der Waals surface area contributed by atoms with Gasteiger partial charge in [0.15, 0.2) is 6.17 Å². The van der Waals surface area contributed by atoms with Gasteiger partial charge in [0, 0.05) is 6.07 Å². The van der Waals surface area contributed by atoms with Crippen LogP contribution in [0.15, 0.2) is 10.9 Å². The number of hydrogen-bond donors (Lipinski definition) is 6. The second-order valence-electron chi connectivity index (χ2n) is 5.83. The molecule has 2 heterocycles. The largest absolute Gasteiger partial charge is 0.490 e. The van der Waals surface area contributed by atoms with Crippen LogP contribution in [0.25, 0.3) is 0 Å². The molecule has 1 aromatic heterocycles. The number of terminal acetylenes is 1. The Morgan fingerprint density at radius 1 is 1.19 bits per heavy atom. The van der Waals surface area contributed by atoms with Gasteiger partial charge in [-0.25, -0.2) is 22.5 Å². The Morgan fingerprint density at radius 2 is 1.81 bits per heavy atom. The normalized spacial score (nSPS) is 27.9. The van der Waals surface area contributed by atoms with Crippen molar-refractivity contribution in [3.8, 4) is 12.3 Å². The van der Waals surface area contributed by atoms with Gasteiger partial charge in [0.05, 0.1) is 12.2 Å². The smallest absolute Gasteiger partial charge is 0.387 e. The van der Waals surface area contributed by atoms with Crippen molar-refractivity contribution < 1.29 is 65.0 Å². The Bertz CT molecular complexity index is 1080. The molecule has 1 aliphatic rings. The van der Waals surface area contributed by atoms with Crippen molar-refractivity contribution in [2.45, 2.75) is 24.5 Å². The average Bonchev–Trinajstić information content (AvgIpc) is 2.84. The number of aromatic amines is 1. The van der Waals surface area contributed by atoms with Gasteiger partial charge >= 0.3 is 23.5 Å². The number of aliphatic hydroxyl groups is 1. The van der Waals surface area contributed by atoms with E-state index in [0.29, 0.717) is 6.07 Å². The van der Waals surface area contributed by atoms with Crippen LogP contribution in [-0.2, 0) is 31.6 Å². The number of hydrogen-bond acceptors (Lipinski definition) is 9. The molecule has 174 valence electrons. The van der Waals surface area contributed by atoms with Crippen LogP contribution in [-0.4, -0.2) is 54.7 Å². The first-order chi connectivity index (χ1) is 14.1. The van der Waals surface area contributed by atoms with E-state index in [4.69, 9.17) is 25.8 Å². The van der Waals surface area contributed by atoms with Crippen LogP contribution in [0.1, 0.15) is 17.4 Å². The zero-order valence-corrected chi connectivity index (χ0v) is 17.5. The number of halogens is 2. The summed E-state index contributed by atoms with van der Waals surface area (Å²) in [4.78, 5) is 48.7. The van der Waals surface area contributed by atoms with E-state index in [-0.39, 0.29) is 0 Å². The predicted octanol–water partition coefficient (Wildman–Crippen LogP) is -0.0225. The topological polar surface area (TPSA) is 222 Å². The SMILES string of the molecule is C#Cc1[nH]c(=O)cc(F)c1[C@@H]1O[C@H](COP(=O)(O)OP(=O)(O)OP(=O)(O)O)C(O)[C@@H]1F. The highest BCUT2D eigenvalue weighted by atomic mass is 31.3. The maximum atomic E-state index is 14.5. The highest BCUT2D eigenvalue weighted by molar-refractivity contribution is 7.66. The fourth-order valence-electron chi connectivity index (χ4n) is 2.49. The zero-order chi connectivity index (χ0) is 23.8. The Labute approximate surface area is 171 Å². The number of aromatic nitrogens is 1. The zero-order valence-electron chi connectivity index (χ0n) is 14.8. The van der Waals surface area contributed by atoms with E-state index in [9.17, 15) is 37.3 Å². The summed E-state index contributed by atoms with van der Waals surface area (Å²) in [5.74, 6) is 0.650. The van der Waals surface area contributed by atoms with E-state index in [1.165, 1.54) is 0 Å². The summed E-state index contributed by atoms with van der Waals surface area (Å²) in [6.07, 6.45) is -2.97. The van der Waals surface area contributed by atoms with E-state index in [1.54, 1.807) is 0 Å². The average molecular weight is 511 g/mol. The molecular formula is C12H14F2NO13P3. The molecule has 1 aliphatic heterocycles. The van der Waals surface area contributed by atoms with Crippen molar-refractivity contribution in [1.29, 1.82) is 0 Å². The molecule has 6 N–H and O–H groups in total. The number of H-pyrrole nitrogens is 1. The highest BCUT2D eigenvalue weighted by Crippen LogP contribution is 2.66. The summed E-state index contributed by atoms with van der Waals surface area (Å²) in [6.45, 7) is -1.18. The molecule has 3 unspecified atom stereocenters. The monoisotopic (exact) mass is 511 g/mol. The predicted molar refractivity (Wildman–Crippen MR) is 93.3 cm³/mol. The first-order valence-electron chi connectivity index (χ1n) is 7.70. The summed E-state index contributed by atoms with van der Waals surface area (Å²) in [5, 5.41) is 9.91. The second kappa shape index (κ2) is 9.29. The second-order valence-corrected chi connectivity index (χ2v) is 10.3. The lowest BCUT2D eigenvalue weighted by Gasteiger charge is -2.19. The standard InChI is InChI=1S/C12H14F2NO13P3/c1-2-6-9(5(13)3-8(16)15-6)12-10(14)11(17)7(26-12)4-25-30(21,22)28-31(23,24)27-29(18,19)20/h1,3,7,10-12,17H,4H2,(H,15,16)(H,21,22)(H,23,24)(H2,18,19,20)/t7-,10+,11?,12+/m1/s1. The minimum atomic E-state index is -5.79. The fraction of sp³-hybridized carbons (Fsp3) is 0.417. The molecular weight excluding hydrogens is 497 g/mol. The van der Waals surface area contributed by atoms with Crippen LogP contribution in [0.5, 0.6) is 0 Å². The molecule has 1 aromatic rings. The van der Waals surface area contributed by atoms with Gasteiger partial charge in [-0.2, -0.15) is 8.62 Å². The third-order valence-electron chi connectivity index (χ3n) is 3.60. The van der Waals surface area contributed by atoms with Gasteiger partial charge in [0.25, 0.3) is 5.56 Å². The van der Waals surface area contributed by atoms with Gasteiger partial charge in [-0.05, 0) is 0 Å². The molecule has 6 atom stereocenters. The van der Waals surface area contributed by atoms with E-state index in [2.05, 4.69) is 18.1 Å². The van der Waals surface area contributed by atoms with E-state index >= 15 is 0 Å². The summed E-state index contributed by atoms with van der Waals surface area (Å²) in [7, 11) is -17.0. The number of pyridine rings is 1. The Morgan fingerprint density at radius 3 is 2.35 bits per heavy atom. The third-order valence-corrected chi connectivity index (χ3v) is 7.40. The van der Waals surface area contributed by atoms with Crippen LogP contribution in [0, 0.1) is 18.2 Å². The number of phosphoric acid groups is 3. The molecule has 0 amide bonds. The molecule has 0 bridgehead atoms. The molecule has 0 aliphatic carbocycles. The quantitative estimate of drug-likeness (QED) is 0.200. The van der Waals surface area contributed by atoms with Gasteiger partial charge in [-0.1, -0.05) is 5.92 Å². The van der Waals surface area contributed by atoms with Gasteiger partial charge in [0.2, 0.25) is 0 Å². The van der Waals surface area contributed by atoms with Crippen LogP contribution >= 0.6 is 23.5 Å². The van der Waals surface area contributed by atoms with Crippen molar-refractivity contribution in [2.75, 3.05) is 6.61 Å². The minimum Gasteiger partial charge on any atom is -0.387 e. The summed E-state index contributed by atoms with van der Waals surface area (Å²) < 4.78 is 78.4. The van der Waals surface area contributed by atoms with Crippen molar-refractivity contribution in [1.82, 2.24) is 4.98 Å². The van der Waals surface area contributed by atoms with E-state index in [1.807, 2.05) is 5.92 Å².